The molecule has 0 spiro atoms. The summed E-state index contributed by atoms with van der Waals surface area (Å²) in [5.41, 5.74) is 2.68. The third kappa shape index (κ3) is 6.68. The molecule has 1 aromatic carbocycles. The Kier molecular flexibility index (Phi) is 7.79. The lowest BCUT2D eigenvalue weighted by molar-refractivity contribution is -0.139. The molecule has 2 aromatic rings. The van der Waals surface area contributed by atoms with Gasteiger partial charge in [0.1, 0.15) is 24.3 Å². The molecule has 1 saturated carbocycles. The number of pyridine rings is 1. The van der Waals surface area contributed by atoms with Crippen LogP contribution in [-0.4, -0.2) is 47.2 Å². The zero-order valence-corrected chi connectivity index (χ0v) is 19.3. The van der Waals surface area contributed by atoms with Gasteiger partial charge >= 0.3 is 12.1 Å². The van der Waals surface area contributed by atoms with E-state index in [2.05, 4.69) is 28.1 Å². The van der Waals surface area contributed by atoms with Gasteiger partial charge in [0.05, 0.1) is 0 Å². The SMILES string of the molecule is O=C(NC(CNC(=O)[C@H]1C[C@H](Cc2ccc3c(n2)NCCC3)C1)C(=O)O)OCc1cccc(F)c1. The molecule has 4 rings (SSSR count). The van der Waals surface area contributed by atoms with Crippen LogP contribution in [0.1, 0.15) is 36.1 Å². The van der Waals surface area contributed by atoms with Gasteiger partial charge in [0, 0.05) is 24.7 Å². The molecule has 0 bridgehead atoms. The number of hydrogen-bond acceptors (Lipinski definition) is 6. The summed E-state index contributed by atoms with van der Waals surface area (Å²) < 4.78 is 18.1. The Labute approximate surface area is 202 Å². The molecule has 1 atom stereocenters. The van der Waals surface area contributed by atoms with Crippen LogP contribution in [-0.2, 0) is 33.8 Å². The van der Waals surface area contributed by atoms with Crippen LogP contribution in [0.3, 0.4) is 0 Å². The predicted molar refractivity (Wildman–Crippen MR) is 125 cm³/mol. The average Bonchev–Trinajstić information content (AvgIpc) is 2.82. The molecule has 2 amide bonds. The fourth-order valence-corrected chi connectivity index (χ4v) is 4.40. The molecule has 0 saturated heterocycles. The first-order valence-corrected chi connectivity index (χ1v) is 11.8. The Morgan fingerprint density at radius 1 is 1.23 bits per heavy atom. The summed E-state index contributed by atoms with van der Waals surface area (Å²) in [6.07, 6.45) is 3.40. The van der Waals surface area contributed by atoms with Crippen molar-refractivity contribution in [2.24, 2.45) is 11.8 Å². The Hall–Kier alpha value is -3.69. The number of aryl methyl sites for hydroxylation is 1. The number of aliphatic carboxylic acids is 1. The van der Waals surface area contributed by atoms with Gasteiger partial charge in [-0.3, -0.25) is 4.79 Å². The number of fused-ring (bicyclic) bond motifs is 1. The van der Waals surface area contributed by atoms with E-state index in [-0.39, 0.29) is 25.0 Å². The van der Waals surface area contributed by atoms with Crippen LogP contribution in [0.4, 0.5) is 15.0 Å². The van der Waals surface area contributed by atoms with Crippen LogP contribution in [0.25, 0.3) is 0 Å². The number of nitrogens with one attached hydrogen (secondary N) is 3. The number of hydrogen-bond donors (Lipinski definition) is 4. The molecule has 1 aliphatic heterocycles. The molecular weight excluding hydrogens is 455 g/mol. The van der Waals surface area contributed by atoms with Crippen molar-refractivity contribution < 1.29 is 28.6 Å². The number of carboxylic acids is 1. The maximum Gasteiger partial charge on any atom is 0.408 e. The van der Waals surface area contributed by atoms with E-state index in [0.717, 1.165) is 37.3 Å². The number of benzene rings is 1. The minimum Gasteiger partial charge on any atom is -0.480 e. The molecule has 2 heterocycles. The number of aromatic nitrogens is 1. The lowest BCUT2D eigenvalue weighted by atomic mass is 9.72. The van der Waals surface area contributed by atoms with Crippen LogP contribution in [0, 0.1) is 17.7 Å². The van der Waals surface area contributed by atoms with Crippen LogP contribution in [0.2, 0.25) is 0 Å². The number of ether oxygens (including phenoxy) is 1. The minimum absolute atomic E-state index is 0.190. The van der Waals surface area contributed by atoms with Crippen LogP contribution in [0.5, 0.6) is 0 Å². The van der Waals surface area contributed by atoms with Gasteiger partial charge in [-0.25, -0.2) is 19.0 Å². The van der Waals surface area contributed by atoms with Crippen LogP contribution < -0.4 is 16.0 Å². The standard InChI is InChI=1S/C25H29FN4O5/c26-19-5-1-3-15(11-19)14-35-25(34)30-21(24(32)33)13-28-23(31)18-9-16(10-18)12-20-7-6-17-4-2-8-27-22(17)29-20/h1,3,5-7,11,16,18,21H,2,4,8-10,12-14H2,(H,27,29)(H,28,31)(H,30,34)(H,32,33)/t16-,18-,21?. The van der Waals surface area contributed by atoms with Gasteiger partial charge in [-0.1, -0.05) is 18.2 Å². The second kappa shape index (κ2) is 11.2. The van der Waals surface area contributed by atoms with Crippen molar-refractivity contribution in [2.45, 2.75) is 44.8 Å². The number of rotatable bonds is 9. The van der Waals surface area contributed by atoms with Crippen molar-refractivity contribution in [3.05, 3.63) is 59.0 Å². The van der Waals surface area contributed by atoms with E-state index < -0.39 is 23.9 Å². The second-order valence-electron chi connectivity index (χ2n) is 9.07. The minimum atomic E-state index is -1.35. The van der Waals surface area contributed by atoms with E-state index in [4.69, 9.17) is 9.72 Å². The zero-order valence-electron chi connectivity index (χ0n) is 19.3. The molecule has 2 aliphatic rings. The topological polar surface area (TPSA) is 130 Å². The third-order valence-electron chi connectivity index (χ3n) is 6.39. The summed E-state index contributed by atoms with van der Waals surface area (Å²) in [6.45, 7) is 0.468. The molecule has 1 aromatic heterocycles. The first-order valence-electron chi connectivity index (χ1n) is 11.8. The lowest BCUT2D eigenvalue weighted by Crippen LogP contribution is -2.50. The van der Waals surface area contributed by atoms with Gasteiger partial charge in [0.2, 0.25) is 5.91 Å². The monoisotopic (exact) mass is 484 g/mol. The maximum absolute atomic E-state index is 13.2. The number of nitrogens with zero attached hydrogens (tertiary/aromatic N) is 1. The summed E-state index contributed by atoms with van der Waals surface area (Å²) in [4.78, 5) is 40.6. The molecule has 1 unspecified atom stereocenters. The summed E-state index contributed by atoms with van der Waals surface area (Å²) in [5.74, 6) is -0.874. The number of carboxylic acid groups (broad SMARTS) is 1. The summed E-state index contributed by atoms with van der Waals surface area (Å²) in [5, 5.41) is 17.5. The van der Waals surface area contributed by atoms with E-state index in [1.54, 1.807) is 6.07 Å². The smallest absolute Gasteiger partial charge is 0.408 e. The Morgan fingerprint density at radius 3 is 2.83 bits per heavy atom. The zero-order chi connectivity index (χ0) is 24.8. The molecule has 1 fully saturated rings. The van der Waals surface area contributed by atoms with E-state index in [1.165, 1.54) is 23.8 Å². The molecular formula is C25H29FN4O5. The molecule has 35 heavy (non-hydrogen) atoms. The number of carbonyl (C=O) groups excluding carboxylic acids is 2. The largest absolute Gasteiger partial charge is 0.480 e. The van der Waals surface area contributed by atoms with Gasteiger partial charge in [0.15, 0.2) is 0 Å². The van der Waals surface area contributed by atoms with Gasteiger partial charge < -0.3 is 25.8 Å². The number of alkyl carbamates (subject to hydrolysis) is 1. The predicted octanol–water partition coefficient (Wildman–Crippen LogP) is 2.64. The first kappa shape index (κ1) is 24.4. The number of anilines is 1. The van der Waals surface area contributed by atoms with Crippen molar-refractivity contribution >= 4 is 23.8 Å². The van der Waals surface area contributed by atoms with Gasteiger partial charge in [-0.2, -0.15) is 0 Å². The van der Waals surface area contributed by atoms with Crippen molar-refractivity contribution in [3.8, 4) is 0 Å². The summed E-state index contributed by atoms with van der Waals surface area (Å²) in [6, 6.07) is 8.36. The van der Waals surface area contributed by atoms with Crippen LogP contribution >= 0.6 is 0 Å². The fraction of sp³-hybridized carbons (Fsp3) is 0.440. The van der Waals surface area contributed by atoms with Gasteiger partial charge in [0.25, 0.3) is 0 Å². The van der Waals surface area contributed by atoms with E-state index >= 15 is 0 Å². The van der Waals surface area contributed by atoms with E-state index in [1.807, 2.05) is 0 Å². The molecule has 1 aliphatic carbocycles. The quantitative estimate of drug-likeness (QED) is 0.431. The normalized spacial score (nSPS) is 19.3. The van der Waals surface area contributed by atoms with E-state index in [9.17, 15) is 23.9 Å². The molecule has 186 valence electrons. The molecule has 10 heteroatoms. The first-order chi connectivity index (χ1) is 16.9. The molecule has 9 nitrogen and oxygen atoms in total. The molecule has 0 radical (unpaired) electrons. The van der Waals surface area contributed by atoms with Gasteiger partial charge in [-0.15, -0.1) is 0 Å². The highest BCUT2D eigenvalue weighted by Gasteiger charge is 2.35. The highest BCUT2D eigenvalue weighted by atomic mass is 19.1. The maximum atomic E-state index is 13.2. The van der Waals surface area contributed by atoms with Gasteiger partial charge in [-0.05, 0) is 67.3 Å². The highest BCUT2D eigenvalue weighted by Crippen LogP contribution is 2.36. The Morgan fingerprint density at radius 2 is 2.06 bits per heavy atom. The van der Waals surface area contributed by atoms with Crippen molar-refractivity contribution in [2.75, 3.05) is 18.4 Å². The summed E-state index contributed by atoms with van der Waals surface area (Å²) >= 11 is 0. The lowest BCUT2D eigenvalue weighted by Gasteiger charge is -2.34. The number of carbonyl (C=O) groups is 3. The van der Waals surface area contributed by atoms with Crippen molar-refractivity contribution in [3.63, 3.8) is 0 Å². The van der Waals surface area contributed by atoms with Crippen LogP contribution in [0.15, 0.2) is 36.4 Å². The number of halogens is 1. The second-order valence-corrected chi connectivity index (χ2v) is 9.07. The average molecular weight is 485 g/mol. The summed E-state index contributed by atoms with van der Waals surface area (Å²) in [7, 11) is 0. The molecule has 4 N–H and O–H groups in total. The third-order valence-corrected chi connectivity index (χ3v) is 6.39. The van der Waals surface area contributed by atoms with Crippen molar-refractivity contribution in [1.29, 1.82) is 0 Å². The Bertz CT molecular complexity index is 1090. The highest BCUT2D eigenvalue weighted by molar-refractivity contribution is 5.83. The number of amides is 2. The van der Waals surface area contributed by atoms with Crippen molar-refractivity contribution in [1.82, 2.24) is 15.6 Å². The fourth-order valence-electron chi connectivity index (χ4n) is 4.40. The Balaban J connectivity index is 1.18. The van der Waals surface area contributed by atoms with E-state index in [0.29, 0.717) is 24.3 Å².